The van der Waals surface area contributed by atoms with Crippen LogP contribution in [0.1, 0.15) is 53.4 Å². The van der Waals surface area contributed by atoms with E-state index in [-0.39, 0.29) is 27.9 Å². The highest BCUT2D eigenvalue weighted by molar-refractivity contribution is 8.13. The van der Waals surface area contributed by atoms with E-state index >= 15 is 0 Å². The zero-order valence-electron chi connectivity index (χ0n) is 14.4. The number of hydrogen-bond acceptors (Lipinski definition) is 4. The van der Waals surface area contributed by atoms with Crippen LogP contribution in [-0.2, 0) is 9.59 Å². The topological polar surface area (TPSA) is 63.4 Å². The van der Waals surface area contributed by atoms with Gasteiger partial charge in [0.15, 0.2) is 5.12 Å². The summed E-state index contributed by atoms with van der Waals surface area (Å²) in [6.45, 7) is 10.0. The minimum Gasteiger partial charge on any atom is -0.342 e. The van der Waals surface area contributed by atoms with Crippen LogP contribution in [0.15, 0.2) is 0 Å². The third-order valence-corrected chi connectivity index (χ3v) is 5.91. The Morgan fingerprint density at radius 2 is 2.05 bits per heavy atom. The predicted molar refractivity (Wildman–Crippen MR) is 91.5 cm³/mol. The molecule has 0 spiro atoms. The first kappa shape index (κ1) is 17.8. The number of carbonyl (C=O) groups excluding carboxylic acids is 2. The third kappa shape index (κ3) is 4.72. The van der Waals surface area contributed by atoms with Crippen molar-refractivity contribution in [1.29, 1.82) is 0 Å². The molecule has 0 aromatic rings. The molecule has 1 saturated heterocycles. The summed E-state index contributed by atoms with van der Waals surface area (Å²) in [5, 5.41) is 0.137. The van der Waals surface area contributed by atoms with Crippen molar-refractivity contribution in [2.24, 2.45) is 22.5 Å². The Morgan fingerprint density at radius 3 is 2.64 bits per heavy atom. The summed E-state index contributed by atoms with van der Waals surface area (Å²) in [5.74, 6) is 1.32. The van der Waals surface area contributed by atoms with Crippen LogP contribution >= 0.6 is 11.8 Å². The zero-order valence-corrected chi connectivity index (χ0v) is 15.2. The van der Waals surface area contributed by atoms with Crippen molar-refractivity contribution >= 4 is 22.8 Å². The molecular weight excluding hydrogens is 296 g/mol. The summed E-state index contributed by atoms with van der Waals surface area (Å²) < 4.78 is 0. The standard InChI is InChI=1S/C17H30N2O2S/c1-12(20)22-9-13-5-15(21)19(8-13)11-17(4)7-14(18)6-16(2,3)10-17/h13-14H,5-11,18H2,1-4H3. The zero-order chi connectivity index (χ0) is 16.5. The van der Waals surface area contributed by atoms with Crippen molar-refractivity contribution < 1.29 is 9.59 Å². The molecule has 1 saturated carbocycles. The largest absolute Gasteiger partial charge is 0.342 e. The summed E-state index contributed by atoms with van der Waals surface area (Å²) in [5.41, 5.74) is 6.62. The fourth-order valence-electron chi connectivity index (χ4n) is 4.65. The minimum atomic E-state index is 0.111. The summed E-state index contributed by atoms with van der Waals surface area (Å²) in [6.07, 6.45) is 3.76. The average Bonchev–Trinajstić information content (AvgIpc) is 2.63. The lowest BCUT2D eigenvalue weighted by Crippen LogP contribution is -2.48. The van der Waals surface area contributed by atoms with E-state index in [0.717, 1.165) is 38.1 Å². The maximum absolute atomic E-state index is 12.3. The molecule has 4 nitrogen and oxygen atoms in total. The van der Waals surface area contributed by atoms with Gasteiger partial charge in [-0.2, -0.15) is 0 Å². The van der Waals surface area contributed by atoms with Gasteiger partial charge in [0.05, 0.1) is 0 Å². The van der Waals surface area contributed by atoms with E-state index in [0.29, 0.717) is 12.3 Å². The third-order valence-electron chi connectivity index (χ3n) is 4.86. The summed E-state index contributed by atoms with van der Waals surface area (Å²) in [4.78, 5) is 25.4. The molecule has 22 heavy (non-hydrogen) atoms. The van der Waals surface area contributed by atoms with Crippen LogP contribution in [0.4, 0.5) is 0 Å². The summed E-state index contributed by atoms with van der Waals surface area (Å²) in [7, 11) is 0. The van der Waals surface area contributed by atoms with Crippen molar-refractivity contribution in [2.45, 2.75) is 59.4 Å². The number of rotatable bonds is 4. The van der Waals surface area contributed by atoms with E-state index in [1.54, 1.807) is 6.92 Å². The number of nitrogens with two attached hydrogens (primary N) is 1. The average molecular weight is 327 g/mol. The van der Waals surface area contributed by atoms with Gasteiger partial charge in [0.2, 0.25) is 5.91 Å². The van der Waals surface area contributed by atoms with E-state index < -0.39 is 0 Å². The van der Waals surface area contributed by atoms with Crippen molar-refractivity contribution in [1.82, 2.24) is 4.90 Å². The predicted octanol–water partition coefficient (Wildman–Crippen LogP) is 2.66. The van der Waals surface area contributed by atoms with E-state index in [2.05, 4.69) is 20.8 Å². The molecule has 2 aliphatic rings. The van der Waals surface area contributed by atoms with Gasteiger partial charge in [0.25, 0.3) is 0 Å². The highest BCUT2D eigenvalue weighted by Crippen LogP contribution is 2.46. The van der Waals surface area contributed by atoms with E-state index in [1.165, 1.54) is 11.8 Å². The van der Waals surface area contributed by atoms with Gasteiger partial charge in [-0.25, -0.2) is 0 Å². The molecule has 3 atom stereocenters. The Balaban J connectivity index is 1.95. The molecule has 3 unspecified atom stereocenters. The van der Waals surface area contributed by atoms with Crippen LogP contribution in [0, 0.1) is 16.7 Å². The van der Waals surface area contributed by atoms with E-state index in [1.807, 2.05) is 4.90 Å². The van der Waals surface area contributed by atoms with Crippen LogP contribution in [0.5, 0.6) is 0 Å². The van der Waals surface area contributed by atoms with Crippen LogP contribution in [0.3, 0.4) is 0 Å². The highest BCUT2D eigenvalue weighted by atomic mass is 32.2. The van der Waals surface area contributed by atoms with E-state index in [4.69, 9.17) is 5.73 Å². The highest BCUT2D eigenvalue weighted by Gasteiger charge is 2.43. The SMILES string of the molecule is CC(=O)SCC1CC(=O)N(CC2(C)CC(N)CC(C)(C)C2)C1. The van der Waals surface area contributed by atoms with Gasteiger partial charge in [-0.1, -0.05) is 32.5 Å². The maximum Gasteiger partial charge on any atom is 0.222 e. The Hall–Kier alpha value is -0.550. The number of carbonyl (C=O) groups is 2. The normalized spacial score (nSPS) is 35.0. The second-order valence-corrected chi connectivity index (χ2v) is 9.66. The molecule has 1 aliphatic carbocycles. The fraction of sp³-hybridized carbons (Fsp3) is 0.882. The number of amides is 1. The molecular formula is C17H30N2O2S. The number of thioether (sulfide) groups is 1. The Labute approximate surface area is 138 Å². The molecule has 0 aromatic carbocycles. The molecule has 0 radical (unpaired) electrons. The Kier molecular flexibility index (Phi) is 5.27. The Morgan fingerprint density at radius 1 is 1.36 bits per heavy atom. The van der Waals surface area contributed by atoms with Crippen molar-refractivity contribution in [3.63, 3.8) is 0 Å². The number of hydrogen-bond donors (Lipinski definition) is 1. The van der Waals surface area contributed by atoms with Gasteiger partial charge < -0.3 is 10.6 Å². The van der Waals surface area contributed by atoms with Crippen molar-refractivity contribution in [3.05, 3.63) is 0 Å². The smallest absolute Gasteiger partial charge is 0.222 e. The van der Waals surface area contributed by atoms with Crippen LogP contribution in [0.2, 0.25) is 0 Å². The van der Waals surface area contributed by atoms with Crippen LogP contribution < -0.4 is 5.73 Å². The minimum absolute atomic E-state index is 0.111. The Bertz CT molecular complexity index is 452. The first-order valence-electron chi connectivity index (χ1n) is 8.25. The second-order valence-electron chi connectivity index (χ2n) is 8.47. The molecule has 126 valence electrons. The van der Waals surface area contributed by atoms with E-state index in [9.17, 15) is 9.59 Å². The number of nitrogens with zero attached hydrogens (tertiary/aromatic N) is 1. The molecule has 1 aliphatic heterocycles. The lowest BCUT2D eigenvalue weighted by atomic mass is 9.62. The van der Waals surface area contributed by atoms with Crippen molar-refractivity contribution in [3.8, 4) is 0 Å². The van der Waals surface area contributed by atoms with Gasteiger partial charge >= 0.3 is 0 Å². The quantitative estimate of drug-likeness (QED) is 0.862. The lowest BCUT2D eigenvalue weighted by molar-refractivity contribution is -0.129. The molecule has 2 N–H and O–H groups in total. The monoisotopic (exact) mass is 326 g/mol. The van der Waals surface area contributed by atoms with Gasteiger partial charge in [-0.3, -0.25) is 9.59 Å². The molecule has 1 amide bonds. The summed E-state index contributed by atoms with van der Waals surface area (Å²) >= 11 is 1.34. The van der Waals surface area contributed by atoms with Gasteiger partial charge in [-0.05, 0) is 36.0 Å². The first-order valence-corrected chi connectivity index (χ1v) is 9.24. The molecule has 2 fully saturated rings. The van der Waals surface area contributed by atoms with Crippen LogP contribution in [0.25, 0.3) is 0 Å². The van der Waals surface area contributed by atoms with Gasteiger partial charge in [0, 0.05) is 38.2 Å². The molecule has 0 aromatic heterocycles. The van der Waals surface area contributed by atoms with Crippen LogP contribution in [-0.4, -0.2) is 40.8 Å². The fourth-order valence-corrected chi connectivity index (χ4v) is 5.34. The molecule has 0 bridgehead atoms. The van der Waals surface area contributed by atoms with Gasteiger partial charge in [-0.15, -0.1) is 0 Å². The molecule has 1 heterocycles. The lowest BCUT2D eigenvalue weighted by Gasteiger charge is -2.47. The first-order chi connectivity index (χ1) is 10.1. The van der Waals surface area contributed by atoms with Crippen molar-refractivity contribution in [2.75, 3.05) is 18.8 Å². The maximum atomic E-state index is 12.3. The van der Waals surface area contributed by atoms with Gasteiger partial charge in [0.1, 0.15) is 0 Å². The molecule has 5 heteroatoms. The number of likely N-dealkylation sites (tertiary alicyclic amines) is 1. The molecule has 2 rings (SSSR count). The second kappa shape index (κ2) is 6.52. The summed E-state index contributed by atoms with van der Waals surface area (Å²) in [6, 6.07) is 0.232.